The Balaban J connectivity index is 1.63. The quantitative estimate of drug-likeness (QED) is 0.880. The molecular formula is C18H26ClNO. The zero-order valence-electron chi connectivity index (χ0n) is 12.9. The van der Waals surface area contributed by atoms with Gasteiger partial charge in [0.15, 0.2) is 0 Å². The summed E-state index contributed by atoms with van der Waals surface area (Å²) in [5.74, 6) is 0. The number of rotatable bonds is 4. The Morgan fingerprint density at radius 1 is 1.14 bits per heavy atom. The van der Waals surface area contributed by atoms with Crippen molar-refractivity contribution in [1.82, 2.24) is 5.32 Å². The zero-order chi connectivity index (χ0) is 14.7. The number of benzene rings is 1. The number of hydrogen-bond donors (Lipinski definition) is 1. The van der Waals surface area contributed by atoms with Gasteiger partial charge in [0.2, 0.25) is 0 Å². The van der Waals surface area contributed by atoms with Crippen molar-refractivity contribution in [2.24, 2.45) is 5.41 Å². The lowest BCUT2D eigenvalue weighted by atomic mass is 9.58. The van der Waals surface area contributed by atoms with Gasteiger partial charge < -0.3 is 10.1 Å². The molecule has 116 valence electrons. The first kappa shape index (κ1) is 15.3. The van der Waals surface area contributed by atoms with Crippen LogP contribution < -0.4 is 5.32 Å². The minimum Gasteiger partial charge on any atom is -0.373 e. The van der Waals surface area contributed by atoms with Crippen LogP contribution in [0.1, 0.15) is 50.5 Å². The van der Waals surface area contributed by atoms with Gasteiger partial charge in [-0.3, -0.25) is 0 Å². The van der Waals surface area contributed by atoms with Gasteiger partial charge in [-0.1, -0.05) is 49.4 Å². The maximum atomic E-state index is 6.30. The Kier molecular flexibility index (Phi) is 4.88. The van der Waals surface area contributed by atoms with E-state index < -0.39 is 0 Å². The first-order chi connectivity index (χ1) is 10.2. The molecule has 2 atom stereocenters. The highest BCUT2D eigenvalue weighted by Crippen LogP contribution is 2.52. The fourth-order valence-corrected chi connectivity index (χ4v) is 4.35. The Morgan fingerprint density at radius 3 is 2.43 bits per heavy atom. The SMILES string of the molecule is CNC1CC(OCc2ccc(Cl)cc2)C12CCCCCC2. The predicted octanol–water partition coefficient (Wildman–Crippen LogP) is 4.56. The van der Waals surface area contributed by atoms with Crippen LogP contribution in [0.3, 0.4) is 0 Å². The molecule has 2 unspecified atom stereocenters. The van der Waals surface area contributed by atoms with Gasteiger partial charge in [-0.25, -0.2) is 0 Å². The van der Waals surface area contributed by atoms with Gasteiger partial charge in [0.05, 0.1) is 12.7 Å². The summed E-state index contributed by atoms with van der Waals surface area (Å²) >= 11 is 5.94. The van der Waals surface area contributed by atoms with E-state index in [-0.39, 0.29) is 0 Å². The van der Waals surface area contributed by atoms with Crippen molar-refractivity contribution in [2.45, 2.75) is 63.7 Å². The molecular weight excluding hydrogens is 282 g/mol. The number of hydrogen-bond acceptors (Lipinski definition) is 2. The monoisotopic (exact) mass is 307 g/mol. The van der Waals surface area contributed by atoms with Crippen molar-refractivity contribution in [1.29, 1.82) is 0 Å². The van der Waals surface area contributed by atoms with E-state index in [2.05, 4.69) is 24.5 Å². The molecule has 2 fully saturated rings. The highest BCUT2D eigenvalue weighted by Gasteiger charge is 2.54. The summed E-state index contributed by atoms with van der Waals surface area (Å²) in [6.45, 7) is 0.708. The number of nitrogens with one attached hydrogen (secondary N) is 1. The van der Waals surface area contributed by atoms with Crippen molar-refractivity contribution in [2.75, 3.05) is 7.05 Å². The molecule has 1 spiro atoms. The van der Waals surface area contributed by atoms with Crippen LogP contribution >= 0.6 is 11.6 Å². The average molecular weight is 308 g/mol. The van der Waals surface area contributed by atoms with Crippen molar-refractivity contribution in [3.63, 3.8) is 0 Å². The molecule has 0 amide bonds. The summed E-state index contributed by atoms with van der Waals surface area (Å²) in [6.07, 6.45) is 9.73. The van der Waals surface area contributed by atoms with Gasteiger partial charge in [-0.2, -0.15) is 0 Å². The van der Waals surface area contributed by atoms with E-state index in [0.29, 0.717) is 24.2 Å². The molecule has 2 saturated carbocycles. The molecule has 0 aromatic heterocycles. The summed E-state index contributed by atoms with van der Waals surface area (Å²) in [5, 5.41) is 4.32. The first-order valence-electron chi connectivity index (χ1n) is 8.28. The molecule has 2 nitrogen and oxygen atoms in total. The smallest absolute Gasteiger partial charge is 0.0720 e. The van der Waals surface area contributed by atoms with E-state index in [0.717, 1.165) is 11.4 Å². The predicted molar refractivity (Wildman–Crippen MR) is 87.6 cm³/mol. The lowest BCUT2D eigenvalue weighted by Crippen LogP contribution is -2.62. The fraction of sp³-hybridized carbons (Fsp3) is 0.667. The molecule has 0 aliphatic heterocycles. The summed E-state index contributed by atoms with van der Waals surface area (Å²) < 4.78 is 6.30. The lowest BCUT2D eigenvalue weighted by Gasteiger charge is -2.56. The van der Waals surface area contributed by atoms with Crippen molar-refractivity contribution in [3.8, 4) is 0 Å². The van der Waals surface area contributed by atoms with Crippen LogP contribution in [0.15, 0.2) is 24.3 Å². The van der Waals surface area contributed by atoms with Crippen LogP contribution in [-0.2, 0) is 11.3 Å². The Labute approximate surface area is 133 Å². The molecule has 21 heavy (non-hydrogen) atoms. The number of halogens is 1. The summed E-state index contributed by atoms with van der Waals surface area (Å²) in [4.78, 5) is 0. The van der Waals surface area contributed by atoms with E-state index in [1.807, 2.05) is 12.1 Å². The molecule has 0 radical (unpaired) electrons. The van der Waals surface area contributed by atoms with Crippen molar-refractivity contribution >= 4 is 11.6 Å². The van der Waals surface area contributed by atoms with Gasteiger partial charge in [0.1, 0.15) is 0 Å². The molecule has 3 rings (SSSR count). The Morgan fingerprint density at radius 2 is 1.81 bits per heavy atom. The second kappa shape index (κ2) is 6.68. The third kappa shape index (κ3) is 3.13. The topological polar surface area (TPSA) is 21.3 Å². The normalized spacial score (nSPS) is 28.1. The van der Waals surface area contributed by atoms with Gasteiger partial charge in [-0.15, -0.1) is 0 Å². The lowest BCUT2D eigenvalue weighted by molar-refractivity contribution is -0.148. The van der Waals surface area contributed by atoms with Crippen LogP contribution in [-0.4, -0.2) is 19.2 Å². The van der Waals surface area contributed by atoms with Crippen LogP contribution in [0.4, 0.5) is 0 Å². The molecule has 1 aromatic carbocycles. The minimum atomic E-state index is 0.387. The molecule has 2 aliphatic carbocycles. The Bertz CT molecular complexity index is 451. The van der Waals surface area contributed by atoms with E-state index in [1.54, 1.807) is 0 Å². The molecule has 1 aromatic rings. The van der Waals surface area contributed by atoms with Crippen molar-refractivity contribution < 1.29 is 4.74 Å². The van der Waals surface area contributed by atoms with Gasteiger partial charge in [0, 0.05) is 16.5 Å². The minimum absolute atomic E-state index is 0.387. The molecule has 3 heteroatoms. The second-order valence-electron chi connectivity index (χ2n) is 6.65. The van der Waals surface area contributed by atoms with E-state index in [4.69, 9.17) is 16.3 Å². The molecule has 0 saturated heterocycles. The summed E-state index contributed by atoms with van der Waals surface area (Å²) in [5.41, 5.74) is 1.61. The molecule has 2 aliphatic rings. The van der Waals surface area contributed by atoms with Crippen LogP contribution in [0.5, 0.6) is 0 Å². The van der Waals surface area contributed by atoms with Crippen LogP contribution in [0.25, 0.3) is 0 Å². The third-order valence-corrected chi connectivity index (χ3v) is 5.78. The van der Waals surface area contributed by atoms with E-state index >= 15 is 0 Å². The van der Waals surface area contributed by atoms with Gasteiger partial charge in [0.25, 0.3) is 0 Å². The highest BCUT2D eigenvalue weighted by molar-refractivity contribution is 6.30. The van der Waals surface area contributed by atoms with Crippen LogP contribution in [0, 0.1) is 5.41 Å². The number of ether oxygens (including phenoxy) is 1. The Hall–Kier alpha value is -0.570. The first-order valence-corrected chi connectivity index (χ1v) is 8.66. The van der Waals surface area contributed by atoms with Crippen molar-refractivity contribution in [3.05, 3.63) is 34.9 Å². The maximum absolute atomic E-state index is 6.30. The van der Waals surface area contributed by atoms with Gasteiger partial charge in [-0.05, 0) is 44.0 Å². The summed E-state index contributed by atoms with van der Waals surface area (Å²) in [7, 11) is 2.10. The highest BCUT2D eigenvalue weighted by atomic mass is 35.5. The van der Waals surface area contributed by atoms with Gasteiger partial charge >= 0.3 is 0 Å². The largest absolute Gasteiger partial charge is 0.373 e. The van der Waals surface area contributed by atoms with Crippen LogP contribution in [0.2, 0.25) is 5.02 Å². The van der Waals surface area contributed by atoms with E-state index in [1.165, 1.54) is 44.1 Å². The standard InChI is InChI=1S/C18H26ClNO/c1-20-16-12-17(18(16)10-4-2-3-5-11-18)21-13-14-6-8-15(19)9-7-14/h6-9,16-17,20H,2-5,10-13H2,1H3. The molecule has 0 heterocycles. The molecule has 0 bridgehead atoms. The summed E-state index contributed by atoms with van der Waals surface area (Å²) in [6, 6.07) is 8.66. The zero-order valence-corrected chi connectivity index (χ0v) is 13.7. The maximum Gasteiger partial charge on any atom is 0.0720 e. The van der Waals surface area contributed by atoms with E-state index in [9.17, 15) is 0 Å². The third-order valence-electron chi connectivity index (χ3n) is 5.53. The average Bonchev–Trinajstić information content (AvgIpc) is 2.76. The second-order valence-corrected chi connectivity index (χ2v) is 7.09. The fourth-order valence-electron chi connectivity index (χ4n) is 4.22. The molecule has 1 N–H and O–H groups in total.